The minimum Gasteiger partial charge on any atom is -0.462 e. The molecule has 0 aliphatic heterocycles. The lowest BCUT2D eigenvalue weighted by Gasteiger charge is -2.18. The van der Waals surface area contributed by atoms with Gasteiger partial charge in [0.15, 0.2) is 6.10 Å². The van der Waals surface area contributed by atoms with Crippen molar-refractivity contribution in [1.29, 1.82) is 0 Å². The topological polar surface area (TPSA) is 78.9 Å². The summed E-state index contributed by atoms with van der Waals surface area (Å²) in [6.45, 7) is 6.60. The van der Waals surface area contributed by atoms with Gasteiger partial charge in [0.2, 0.25) is 0 Å². The van der Waals surface area contributed by atoms with Gasteiger partial charge in [0, 0.05) is 19.3 Å². The zero-order valence-electron chi connectivity index (χ0n) is 52.5. The first kappa shape index (κ1) is 75.4. The van der Waals surface area contributed by atoms with Gasteiger partial charge in [0.1, 0.15) is 13.2 Å². The van der Waals surface area contributed by atoms with Gasteiger partial charge in [-0.05, 0) is 57.8 Å². The molecule has 0 saturated carbocycles. The SMILES string of the molecule is CC/C=C\C/C=C\C/C=C\C/C=C\CCCCCCCCCCCCCCCCC(=O)OCC(COC(=O)CCCCCCCCCCCCCCCC)OC(=O)CCCCCCCCCCCCCCCCCCCCC. The van der Waals surface area contributed by atoms with Crippen LogP contribution < -0.4 is 0 Å². The Kier molecular flexibility index (Phi) is 64.6. The Hall–Kier alpha value is -2.63. The second-order valence-electron chi connectivity index (χ2n) is 23.4. The number of unbranched alkanes of at least 4 members (excludes halogenated alkanes) is 45. The Balaban J connectivity index is 4.23. The molecule has 0 fully saturated rings. The molecule has 1 unspecified atom stereocenters. The highest BCUT2D eigenvalue weighted by Crippen LogP contribution is 2.18. The molecule has 1 atom stereocenters. The van der Waals surface area contributed by atoms with Crippen molar-refractivity contribution in [1.82, 2.24) is 0 Å². The summed E-state index contributed by atoms with van der Waals surface area (Å²) in [6, 6.07) is 0. The number of esters is 3. The van der Waals surface area contributed by atoms with Crippen LogP contribution in [0.2, 0.25) is 0 Å². The van der Waals surface area contributed by atoms with Crippen molar-refractivity contribution in [3.63, 3.8) is 0 Å². The van der Waals surface area contributed by atoms with Crippen molar-refractivity contribution in [2.75, 3.05) is 13.2 Å². The van der Waals surface area contributed by atoms with Crippen molar-refractivity contribution in [3.8, 4) is 0 Å². The summed E-state index contributed by atoms with van der Waals surface area (Å²) < 4.78 is 17.0. The standard InChI is InChI=1S/C72H132O6/c1-4-7-10-13-16-19-22-25-28-30-32-33-34-35-36-37-38-39-41-42-44-47-50-53-56-59-62-65-71(74)77-68-69(67-76-70(73)64-61-58-55-52-49-46-27-24-21-18-15-12-9-6-3)78-72(75)66-63-60-57-54-51-48-45-43-40-31-29-26-23-20-17-14-11-8-5-2/h7,10,16,19,25,28,32-33,69H,4-6,8-9,11-15,17-18,20-24,26-27,29-31,34-68H2,1-3H3/b10-7-,19-16-,28-25-,33-32-. The van der Waals surface area contributed by atoms with Crippen LogP contribution in [-0.2, 0) is 28.6 Å². The average molecular weight is 1090 g/mol. The van der Waals surface area contributed by atoms with Crippen molar-refractivity contribution >= 4 is 17.9 Å². The van der Waals surface area contributed by atoms with Gasteiger partial charge >= 0.3 is 17.9 Å². The van der Waals surface area contributed by atoms with Crippen molar-refractivity contribution in [2.45, 2.75) is 380 Å². The molecule has 0 aliphatic rings. The molecule has 78 heavy (non-hydrogen) atoms. The van der Waals surface area contributed by atoms with E-state index >= 15 is 0 Å². The van der Waals surface area contributed by atoms with Crippen LogP contribution in [0, 0.1) is 0 Å². The highest BCUT2D eigenvalue weighted by molar-refractivity contribution is 5.71. The largest absolute Gasteiger partial charge is 0.462 e. The van der Waals surface area contributed by atoms with Gasteiger partial charge in [-0.25, -0.2) is 0 Å². The van der Waals surface area contributed by atoms with Crippen LogP contribution >= 0.6 is 0 Å². The lowest BCUT2D eigenvalue weighted by Crippen LogP contribution is -2.30. The number of hydrogen-bond donors (Lipinski definition) is 0. The highest BCUT2D eigenvalue weighted by Gasteiger charge is 2.19. The van der Waals surface area contributed by atoms with Crippen LogP contribution in [0.25, 0.3) is 0 Å². The number of carbonyl (C=O) groups excluding carboxylic acids is 3. The highest BCUT2D eigenvalue weighted by atomic mass is 16.6. The first-order chi connectivity index (χ1) is 38.5. The van der Waals surface area contributed by atoms with Gasteiger partial charge in [-0.15, -0.1) is 0 Å². The van der Waals surface area contributed by atoms with E-state index < -0.39 is 6.10 Å². The van der Waals surface area contributed by atoms with E-state index in [9.17, 15) is 14.4 Å². The predicted octanol–water partition coefficient (Wildman–Crippen LogP) is 23.7. The molecule has 0 aromatic carbocycles. The monoisotopic (exact) mass is 1090 g/mol. The minimum atomic E-state index is -0.769. The van der Waals surface area contributed by atoms with E-state index in [2.05, 4.69) is 69.4 Å². The molecule has 0 N–H and O–H groups in total. The maximum atomic E-state index is 12.9. The summed E-state index contributed by atoms with van der Waals surface area (Å²) in [4.78, 5) is 38.4. The van der Waals surface area contributed by atoms with Crippen LogP contribution in [0.4, 0.5) is 0 Å². The molecule has 0 heterocycles. The Morgan fingerprint density at radius 1 is 0.269 bits per heavy atom. The Morgan fingerprint density at radius 2 is 0.500 bits per heavy atom. The smallest absolute Gasteiger partial charge is 0.306 e. The third kappa shape index (κ3) is 64.2. The number of rotatable bonds is 64. The predicted molar refractivity (Wildman–Crippen MR) is 339 cm³/mol. The first-order valence-electron chi connectivity index (χ1n) is 34.6. The summed E-state index contributed by atoms with van der Waals surface area (Å²) >= 11 is 0. The maximum absolute atomic E-state index is 12.9. The van der Waals surface area contributed by atoms with Crippen LogP contribution in [0.1, 0.15) is 374 Å². The van der Waals surface area contributed by atoms with Gasteiger partial charge in [0.05, 0.1) is 0 Å². The Morgan fingerprint density at radius 3 is 0.782 bits per heavy atom. The van der Waals surface area contributed by atoms with E-state index in [0.29, 0.717) is 19.3 Å². The van der Waals surface area contributed by atoms with Gasteiger partial charge < -0.3 is 14.2 Å². The number of hydrogen-bond acceptors (Lipinski definition) is 6. The molecule has 0 saturated heterocycles. The molecule has 6 nitrogen and oxygen atoms in total. The van der Waals surface area contributed by atoms with Gasteiger partial charge in [-0.2, -0.15) is 0 Å². The van der Waals surface area contributed by atoms with Gasteiger partial charge in [0.25, 0.3) is 0 Å². The fraction of sp³-hybridized carbons (Fsp3) is 0.847. The molecule has 0 amide bonds. The summed E-state index contributed by atoms with van der Waals surface area (Å²) in [7, 11) is 0. The van der Waals surface area contributed by atoms with Gasteiger partial charge in [-0.3, -0.25) is 14.4 Å². The average Bonchev–Trinajstić information content (AvgIpc) is 3.44. The van der Waals surface area contributed by atoms with Crippen LogP contribution in [-0.4, -0.2) is 37.2 Å². The lowest BCUT2D eigenvalue weighted by molar-refractivity contribution is -0.167. The van der Waals surface area contributed by atoms with E-state index in [1.807, 2.05) is 0 Å². The molecule has 0 bridgehead atoms. The molecule has 456 valence electrons. The fourth-order valence-electron chi connectivity index (χ4n) is 10.4. The summed E-state index contributed by atoms with van der Waals surface area (Å²) in [5, 5.41) is 0. The second-order valence-corrected chi connectivity index (χ2v) is 23.4. The minimum absolute atomic E-state index is 0.0661. The fourth-order valence-corrected chi connectivity index (χ4v) is 10.4. The third-order valence-electron chi connectivity index (χ3n) is 15.6. The van der Waals surface area contributed by atoms with E-state index in [0.717, 1.165) is 83.5 Å². The maximum Gasteiger partial charge on any atom is 0.306 e. The third-order valence-corrected chi connectivity index (χ3v) is 15.6. The summed E-state index contributed by atoms with van der Waals surface area (Å²) in [5.41, 5.74) is 0. The molecular formula is C72H132O6. The first-order valence-corrected chi connectivity index (χ1v) is 34.6. The van der Waals surface area contributed by atoms with Crippen molar-refractivity contribution in [2.24, 2.45) is 0 Å². The lowest BCUT2D eigenvalue weighted by atomic mass is 10.0. The van der Waals surface area contributed by atoms with E-state index in [4.69, 9.17) is 14.2 Å². The van der Waals surface area contributed by atoms with Crippen LogP contribution in [0.15, 0.2) is 48.6 Å². The molecular weight excluding hydrogens is 961 g/mol. The number of carbonyl (C=O) groups is 3. The second kappa shape index (κ2) is 66.9. The molecule has 6 heteroatoms. The van der Waals surface area contributed by atoms with Crippen molar-refractivity contribution in [3.05, 3.63) is 48.6 Å². The molecule has 0 aromatic rings. The zero-order valence-corrected chi connectivity index (χ0v) is 52.5. The normalized spacial score (nSPS) is 12.3. The summed E-state index contributed by atoms with van der Waals surface area (Å²) in [6.07, 6.45) is 84.2. The van der Waals surface area contributed by atoms with E-state index in [-0.39, 0.29) is 31.1 Å². The van der Waals surface area contributed by atoms with Gasteiger partial charge in [-0.1, -0.05) is 345 Å². The number of ether oxygens (including phenoxy) is 3. The zero-order chi connectivity index (χ0) is 56.4. The molecule has 0 radical (unpaired) electrons. The van der Waals surface area contributed by atoms with Crippen LogP contribution in [0.5, 0.6) is 0 Å². The number of allylic oxidation sites excluding steroid dienone is 8. The summed E-state index contributed by atoms with van der Waals surface area (Å²) in [5.74, 6) is -0.837. The Labute approximate surface area is 486 Å². The van der Waals surface area contributed by atoms with E-state index in [1.54, 1.807) is 0 Å². The van der Waals surface area contributed by atoms with Crippen LogP contribution in [0.3, 0.4) is 0 Å². The quantitative estimate of drug-likeness (QED) is 0.0261. The van der Waals surface area contributed by atoms with Crippen molar-refractivity contribution < 1.29 is 28.6 Å². The van der Waals surface area contributed by atoms with E-state index in [1.165, 1.54) is 250 Å². The molecule has 0 spiro atoms. The molecule has 0 aliphatic carbocycles. The molecule has 0 aromatic heterocycles. The Bertz CT molecular complexity index is 1350. The molecule has 0 rings (SSSR count).